The standard InChI is InChI=1S/C16H20N6O3S2/c1-19-12(24)16(20(2)15(19)25)4-6-21(7-5-16)9-10-8-11(23)22-13(17-10)27-14(18-22)26-3/h8H,4-7,9H2,1-3H3. The van der Waals surface area contributed by atoms with Gasteiger partial charge in [0.15, 0.2) is 4.34 Å². The molecule has 0 bridgehead atoms. The van der Waals surface area contributed by atoms with Crippen molar-refractivity contribution in [2.75, 3.05) is 33.4 Å². The topological polar surface area (TPSA) is 91.1 Å². The second-order valence-corrected chi connectivity index (χ2v) is 8.88. The van der Waals surface area contributed by atoms with Crippen LogP contribution in [-0.4, -0.2) is 80.2 Å². The lowest BCUT2D eigenvalue weighted by molar-refractivity contribution is -0.134. The maximum atomic E-state index is 12.6. The molecular formula is C16H20N6O3S2. The molecule has 144 valence electrons. The number of fused-ring (bicyclic) bond motifs is 1. The van der Waals surface area contributed by atoms with Gasteiger partial charge in [0, 0.05) is 39.8 Å². The molecule has 0 radical (unpaired) electrons. The molecule has 2 fully saturated rings. The van der Waals surface area contributed by atoms with E-state index in [4.69, 9.17) is 0 Å². The molecule has 2 aliphatic heterocycles. The summed E-state index contributed by atoms with van der Waals surface area (Å²) in [5.41, 5.74) is -0.214. The molecule has 0 aliphatic carbocycles. The molecule has 2 aromatic rings. The number of thioether (sulfide) groups is 1. The lowest BCUT2D eigenvalue weighted by Crippen LogP contribution is -2.55. The maximum Gasteiger partial charge on any atom is 0.327 e. The minimum absolute atomic E-state index is 0.123. The van der Waals surface area contributed by atoms with Crippen molar-refractivity contribution in [3.8, 4) is 0 Å². The van der Waals surface area contributed by atoms with Crippen LogP contribution >= 0.6 is 23.1 Å². The number of hydrogen-bond acceptors (Lipinski definition) is 8. The Morgan fingerprint density at radius 1 is 1.22 bits per heavy atom. The lowest BCUT2D eigenvalue weighted by atomic mass is 9.86. The van der Waals surface area contributed by atoms with E-state index in [1.165, 1.54) is 45.6 Å². The molecule has 4 rings (SSSR count). The van der Waals surface area contributed by atoms with Crippen molar-refractivity contribution in [1.82, 2.24) is 29.3 Å². The summed E-state index contributed by atoms with van der Waals surface area (Å²) >= 11 is 2.88. The van der Waals surface area contributed by atoms with E-state index in [9.17, 15) is 14.4 Å². The molecule has 0 unspecified atom stereocenters. The van der Waals surface area contributed by atoms with Crippen LogP contribution in [0.1, 0.15) is 18.5 Å². The Labute approximate surface area is 163 Å². The molecule has 2 saturated heterocycles. The van der Waals surface area contributed by atoms with Crippen LogP contribution in [0.2, 0.25) is 0 Å². The molecule has 0 aromatic carbocycles. The average Bonchev–Trinajstić information content (AvgIpc) is 3.15. The summed E-state index contributed by atoms with van der Waals surface area (Å²) < 4.78 is 2.13. The number of aromatic nitrogens is 3. The van der Waals surface area contributed by atoms with Gasteiger partial charge in [0.2, 0.25) is 4.96 Å². The Morgan fingerprint density at radius 3 is 2.52 bits per heavy atom. The van der Waals surface area contributed by atoms with Crippen molar-refractivity contribution in [3.63, 3.8) is 0 Å². The average molecular weight is 409 g/mol. The van der Waals surface area contributed by atoms with Crippen LogP contribution in [0.25, 0.3) is 4.96 Å². The second-order valence-electron chi connectivity index (χ2n) is 6.87. The smallest absolute Gasteiger partial charge is 0.312 e. The summed E-state index contributed by atoms with van der Waals surface area (Å²) in [4.78, 5) is 47.1. The number of amides is 3. The lowest BCUT2D eigenvalue weighted by Gasteiger charge is -2.40. The van der Waals surface area contributed by atoms with Crippen LogP contribution in [-0.2, 0) is 11.3 Å². The van der Waals surface area contributed by atoms with Crippen molar-refractivity contribution in [1.29, 1.82) is 0 Å². The summed E-state index contributed by atoms with van der Waals surface area (Å²) in [7, 11) is 3.23. The van der Waals surface area contributed by atoms with Crippen molar-refractivity contribution in [2.24, 2.45) is 0 Å². The van der Waals surface area contributed by atoms with Crippen LogP contribution < -0.4 is 5.56 Å². The van der Waals surface area contributed by atoms with Gasteiger partial charge < -0.3 is 4.90 Å². The fourth-order valence-corrected chi connectivity index (χ4v) is 5.19. The molecule has 0 saturated carbocycles. The van der Waals surface area contributed by atoms with Gasteiger partial charge in [-0.1, -0.05) is 23.1 Å². The molecule has 27 heavy (non-hydrogen) atoms. The third-order valence-electron chi connectivity index (χ3n) is 5.44. The van der Waals surface area contributed by atoms with Gasteiger partial charge >= 0.3 is 6.03 Å². The summed E-state index contributed by atoms with van der Waals surface area (Å²) in [6.45, 7) is 1.87. The van der Waals surface area contributed by atoms with Gasteiger partial charge in [-0.15, -0.1) is 5.10 Å². The SMILES string of the molecule is CSc1nn2c(=O)cc(CN3CCC4(CC3)C(=O)N(C)C(=O)N4C)nc2s1. The summed E-state index contributed by atoms with van der Waals surface area (Å²) in [5, 5.41) is 4.23. The molecule has 4 heterocycles. The summed E-state index contributed by atoms with van der Waals surface area (Å²) in [6.07, 6.45) is 3.07. The van der Waals surface area contributed by atoms with Crippen LogP contribution in [0.4, 0.5) is 4.79 Å². The quantitative estimate of drug-likeness (QED) is 0.546. The Kier molecular flexibility index (Phi) is 4.47. The Bertz CT molecular complexity index is 978. The zero-order valence-corrected chi connectivity index (χ0v) is 17.0. The Morgan fingerprint density at radius 2 is 1.93 bits per heavy atom. The largest absolute Gasteiger partial charge is 0.327 e. The highest BCUT2D eigenvalue weighted by molar-refractivity contribution is 8.00. The van der Waals surface area contributed by atoms with Gasteiger partial charge in [0.25, 0.3) is 11.5 Å². The fourth-order valence-electron chi connectivity index (χ4n) is 3.81. The number of urea groups is 1. The number of likely N-dealkylation sites (tertiary alicyclic amines) is 1. The van der Waals surface area contributed by atoms with Crippen molar-refractivity contribution in [2.45, 2.75) is 29.3 Å². The number of imide groups is 1. The molecule has 1 spiro atoms. The van der Waals surface area contributed by atoms with E-state index >= 15 is 0 Å². The van der Waals surface area contributed by atoms with Gasteiger partial charge in [0.1, 0.15) is 5.54 Å². The van der Waals surface area contributed by atoms with E-state index < -0.39 is 5.54 Å². The second kappa shape index (κ2) is 6.57. The minimum Gasteiger partial charge on any atom is -0.312 e. The van der Waals surface area contributed by atoms with Crippen LogP contribution in [0, 0.1) is 0 Å². The van der Waals surface area contributed by atoms with Crippen LogP contribution in [0.15, 0.2) is 15.2 Å². The maximum absolute atomic E-state index is 12.6. The predicted octanol–water partition coefficient (Wildman–Crippen LogP) is 0.731. The molecule has 0 atom stereocenters. The highest BCUT2D eigenvalue weighted by Crippen LogP contribution is 2.35. The Balaban J connectivity index is 1.50. The molecule has 2 aliphatic rings. The van der Waals surface area contributed by atoms with Crippen LogP contribution in [0.3, 0.4) is 0 Å². The zero-order chi connectivity index (χ0) is 19.3. The minimum atomic E-state index is -0.732. The molecule has 3 amide bonds. The van der Waals surface area contributed by atoms with E-state index in [-0.39, 0.29) is 17.5 Å². The Hall–Kier alpha value is -1.98. The summed E-state index contributed by atoms with van der Waals surface area (Å²) in [5.74, 6) is -0.123. The van der Waals surface area contributed by atoms with Gasteiger partial charge in [-0.3, -0.25) is 19.4 Å². The first-order valence-corrected chi connectivity index (χ1v) is 10.6. The third-order valence-corrected chi connectivity index (χ3v) is 7.33. The molecule has 0 N–H and O–H groups in total. The van der Waals surface area contributed by atoms with Crippen molar-refractivity contribution in [3.05, 3.63) is 22.1 Å². The first kappa shape index (κ1) is 18.4. The van der Waals surface area contributed by atoms with Gasteiger partial charge in [-0.25, -0.2) is 9.78 Å². The summed E-state index contributed by atoms with van der Waals surface area (Å²) in [6, 6.07) is 1.27. The zero-order valence-electron chi connectivity index (χ0n) is 15.3. The van der Waals surface area contributed by atoms with E-state index in [1.807, 2.05) is 6.26 Å². The number of rotatable bonds is 3. The molecule has 2 aromatic heterocycles. The first-order valence-electron chi connectivity index (χ1n) is 8.58. The fraction of sp³-hybridized carbons (Fsp3) is 0.562. The normalized spacial score (nSPS) is 20.4. The van der Waals surface area contributed by atoms with E-state index in [0.717, 1.165) is 4.34 Å². The highest BCUT2D eigenvalue weighted by atomic mass is 32.2. The number of hydrogen-bond donors (Lipinski definition) is 0. The number of nitrogens with zero attached hydrogens (tertiary/aromatic N) is 6. The number of likely N-dealkylation sites (N-methyl/N-ethyl adjacent to an activating group) is 2. The molecule has 11 heteroatoms. The monoisotopic (exact) mass is 408 g/mol. The van der Waals surface area contributed by atoms with E-state index in [2.05, 4.69) is 15.0 Å². The number of carbonyl (C=O) groups excluding carboxylic acids is 2. The van der Waals surface area contributed by atoms with Crippen molar-refractivity contribution < 1.29 is 9.59 Å². The van der Waals surface area contributed by atoms with Crippen molar-refractivity contribution >= 4 is 40.0 Å². The van der Waals surface area contributed by atoms with Gasteiger partial charge in [-0.05, 0) is 19.1 Å². The number of carbonyl (C=O) groups is 2. The number of piperidine rings is 1. The van der Waals surface area contributed by atoms with E-state index in [1.54, 1.807) is 11.9 Å². The predicted molar refractivity (Wildman–Crippen MR) is 102 cm³/mol. The first-order chi connectivity index (χ1) is 12.9. The van der Waals surface area contributed by atoms with E-state index in [0.29, 0.717) is 43.1 Å². The van der Waals surface area contributed by atoms with Gasteiger partial charge in [0.05, 0.1) is 5.69 Å². The molecular weight excluding hydrogens is 388 g/mol. The molecule has 9 nitrogen and oxygen atoms in total. The third kappa shape index (κ3) is 2.84. The highest BCUT2D eigenvalue weighted by Gasteiger charge is 2.55. The van der Waals surface area contributed by atoms with Crippen LogP contribution in [0.5, 0.6) is 0 Å². The van der Waals surface area contributed by atoms with Gasteiger partial charge in [-0.2, -0.15) is 4.52 Å².